The Morgan fingerprint density at radius 2 is 1.88 bits per heavy atom. The van der Waals surface area contributed by atoms with Crippen molar-refractivity contribution in [3.05, 3.63) is 41.0 Å². The van der Waals surface area contributed by atoms with Gasteiger partial charge in [-0.15, -0.1) is 0 Å². The maximum Gasteiger partial charge on any atom is 0.283 e. The molecule has 1 aromatic carbocycles. The van der Waals surface area contributed by atoms with Crippen LogP contribution in [0.25, 0.3) is 6.08 Å². The summed E-state index contributed by atoms with van der Waals surface area (Å²) < 4.78 is 28.9. The lowest BCUT2D eigenvalue weighted by Crippen LogP contribution is -2.46. The van der Waals surface area contributed by atoms with Crippen LogP contribution in [0.5, 0.6) is 0 Å². The largest absolute Gasteiger partial charge is 0.283 e. The molecule has 2 aliphatic heterocycles. The molecule has 7 nitrogen and oxygen atoms in total. The Bertz CT molecular complexity index is 958. The molecule has 0 fully saturated rings. The molecule has 130 valence electrons. The minimum absolute atomic E-state index is 0.0294. The zero-order valence-electron chi connectivity index (χ0n) is 13.8. The van der Waals surface area contributed by atoms with Crippen molar-refractivity contribution < 1.29 is 13.2 Å². The molecule has 0 radical (unpaired) electrons. The van der Waals surface area contributed by atoms with Crippen LogP contribution in [0.3, 0.4) is 0 Å². The fourth-order valence-corrected chi connectivity index (χ4v) is 4.29. The normalized spacial score (nSPS) is 19.4. The molecule has 1 aromatic rings. The zero-order chi connectivity index (χ0) is 18.4. The molecule has 0 unspecified atom stereocenters. The van der Waals surface area contributed by atoms with Gasteiger partial charge in [-0.3, -0.25) is 10.2 Å². The van der Waals surface area contributed by atoms with Gasteiger partial charge in [-0.2, -0.15) is 9.39 Å². The Kier molecular flexibility index (Phi) is 4.38. The highest BCUT2D eigenvalue weighted by atomic mass is 32.2. The van der Waals surface area contributed by atoms with Crippen molar-refractivity contribution in [3.8, 4) is 0 Å². The number of benzene rings is 1. The van der Waals surface area contributed by atoms with Crippen LogP contribution in [-0.4, -0.2) is 40.6 Å². The predicted molar refractivity (Wildman–Crippen MR) is 100 cm³/mol. The van der Waals surface area contributed by atoms with E-state index in [-0.39, 0.29) is 21.7 Å². The number of amides is 1. The highest BCUT2D eigenvalue weighted by Gasteiger charge is 2.43. The smallest absolute Gasteiger partial charge is 0.283 e. The second-order valence-electron chi connectivity index (χ2n) is 5.91. The summed E-state index contributed by atoms with van der Waals surface area (Å²) in [6.07, 6.45) is 1.53. The third-order valence-electron chi connectivity index (χ3n) is 3.76. The Balaban J connectivity index is 2.04. The lowest BCUT2D eigenvalue weighted by atomic mass is 10.1. The maximum absolute atomic E-state index is 12.5. The van der Waals surface area contributed by atoms with Gasteiger partial charge in [0.1, 0.15) is 5.84 Å². The van der Waals surface area contributed by atoms with Crippen molar-refractivity contribution in [3.63, 3.8) is 0 Å². The summed E-state index contributed by atoms with van der Waals surface area (Å²) in [6.45, 7) is 5.03. The number of rotatable bonds is 2. The van der Waals surface area contributed by atoms with Gasteiger partial charge in [0.2, 0.25) is 20.2 Å². The second-order valence-corrected chi connectivity index (χ2v) is 9.04. The van der Waals surface area contributed by atoms with Gasteiger partial charge in [0.15, 0.2) is 0 Å². The zero-order valence-corrected chi connectivity index (χ0v) is 15.5. The summed E-state index contributed by atoms with van der Waals surface area (Å²) in [5, 5.41) is 7.49. The third kappa shape index (κ3) is 3.05. The van der Waals surface area contributed by atoms with Gasteiger partial charge in [-0.25, -0.2) is 13.3 Å². The minimum Gasteiger partial charge on any atom is -0.283 e. The highest BCUT2D eigenvalue weighted by Crippen LogP contribution is 2.30. The topological polar surface area (TPSA) is 103 Å². The first kappa shape index (κ1) is 17.6. The molecular formula is C16H16N4O3S2. The summed E-state index contributed by atoms with van der Waals surface area (Å²) in [4.78, 5) is 17.3. The second kappa shape index (κ2) is 6.23. The van der Waals surface area contributed by atoms with Crippen molar-refractivity contribution in [2.24, 2.45) is 9.39 Å². The van der Waals surface area contributed by atoms with Crippen LogP contribution in [0.15, 0.2) is 39.2 Å². The van der Waals surface area contributed by atoms with E-state index in [2.05, 4.69) is 9.39 Å². The number of amidine groups is 3. The molecule has 0 saturated heterocycles. The number of nitrogens with one attached hydrogen (secondary N) is 1. The molecule has 2 heterocycles. The molecule has 0 bridgehead atoms. The summed E-state index contributed by atoms with van der Waals surface area (Å²) in [5.74, 6) is -0.814. The number of hydrogen-bond donors (Lipinski definition) is 1. The molecule has 1 N–H and O–H groups in total. The maximum atomic E-state index is 12.5. The van der Waals surface area contributed by atoms with Gasteiger partial charge in [-0.1, -0.05) is 29.8 Å². The fourth-order valence-electron chi connectivity index (χ4n) is 2.22. The molecule has 9 heteroatoms. The van der Waals surface area contributed by atoms with Crippen LogP contribution in [0.1, 0.15) is 25.0 Å². The number of fused-ring (bicyclic) bond motifs is 1. The van der Waals surface area contributed by atoms with E-state index < -0.39 is 21.0 Å². The highest BCUT2D eigenvalue weighted by molar-refractivity contribution is 8.16. The lowest BCUT2D eigenvalue weighted by molar-refractivity contribution is -0.114. The third-order valence-corrected chi connectivity index (χ3v) is 6.60. The molecule has 25 heavy (non-hydrogen) atoms. The summed E-state index contributed by atoms with van der Waals surface area (Å²) in [6, 6.07) is 7.42. The van der Waals surface area contributed by atoms with E-state index in [0.29, 0.717) is 0 Å². The van der Waals surface area contributed by atoms with Crippen LogP contribution in [0.4, 0.5) is 0 Å². The molecule has 0 spiro atoms. The van der Waals surface area contributed by atoms with E-state index >= 15 is 0 Å². The van der Waals surface area contributed by atoms with Gasteiger partial charge in [0.05, 0.1) is 22.8 Å². The molecule has 0 aliphatic carbocycles. The van der Waals surface area contributed by atoms with E-state index in [1.54, 1.807) is 13.8 Å². The number of aryl methyl sites for hydroxylation is 1. The molecule has 0 aromatic heterocycles. The number of sulfone groups is 1. The number of carbonyl (C=O) groups excluding carboxylic acids is 1. The van der Waals surface area contributed by atoms with Crippen molar-refractivity contribution >= 4 is 49.9 Å². The Hall–Kier alpha value is -2.26. The quantitative estimate of drug-likeness (QED) is 0.630. The predicted octanol–water partition coefficient (Wildman–Crippen LogP) is 2.39. The van der Waals surface area contributed by atoms with Gasteiger partial charge in [0.25, 0.3) is 5.91 Å². The van der Waals surface area contributed by atoms with E-state index in [9.17, 15) is 13.2 Å². The first-order valence-corrected chi connectivity index (χ1v) is 9.83. The van der Waals surface area contributed by atoms with Crippen molar-refractivity contribution in [2.45, 2.75) is 26.0 Å². The van der Waals surface area contributed by atoms with Gasteiger partial charge < -0.3 is 0 Å². The molecule has 1 amide bonds. The fraction of sp³-hybridized carbons (Fsp3) is 0.250. The molecule has 0 atom stereocenters. The monoisotopic (exact) mass is 376 g/mol. The van der Waals surface area contributed by atoms with Crippen LogP contribution >= 0.6 is 11.9 Å². The Morgan fingerprint density at radius 1 is 1.24 bits per heavy atom. The first-order valence-electron chi connectivity index (χ1n) is 7.51. The van der Waals surface area contributed by atoms with E-state index in [1.165, 1.54) is 6.08 Å². The summed E-state index contributed by atoms with van der Waals surface area (Å²) in [7, 11) is -3.70. The van der Waals surface area contributed by atoms with Gasteiger partial charge in [0, 0.05) is 0 Å². The Morgan fingerprint density at radius 3 is 2.48 bits per heavy atom. The van der Waals surface area contributed by atoms with E-state index in [0.717, 1.165) is 28.0 Å². The first-order chi connectivity index (χ1) is 11.7. The van der Waals surface area contributed by atoms with Crippen LogP contribution in [0, 0.1) is 12.3 Å². The van der Waals surface area contributed by atoms with Crippen molar-refractivity contribution in [2.75, 3.05) is 0 Å². The average Bonchev–Trinajstić information content (AvgIpc) is 2.97. The molecule has 2 aliphatic rings. The van der Waals surface area contributed by atoms with Crippen LogP contribution in [0.2, 0.25) is 0 Å². The van der Waals surface area contributed by atoms with E-state index in [1.807, 2.05) is 31.2 Å². The number of nitrogens with zero attached hydrogens (tertiary/aromatic N) is 3. The summed E-state index contributed by atoms with van der Waals surface area (Å²) in [5.41, 5.74) is 1.83. The lowest BCUT2D eigenvalue weighted by Gasteiger charge is -2.25. The van der Waals surface area contributed by atoms with Crippen molar-refractivity contribution in [1.29, 1.82) is 5.41 Å². The van der Waals surface area contributed by atoms with Gasteiger partial charge in [-0.05, 0) is 32.4 Å². The van der Waals surface area contributed by atoms with Gasteiger partial charge >= 0.3 is 0 Å². The summed E-state index contributed by atoms with van der Waals surface area (Å²) >= 11 is 0.792. The van der Waals surface area contributed by atoms with Crippen LogP contribution < -0.4 is 0 Å². The number of aliphatic imine (C=N–C) groups is 1. The molecule has 0 saturated carbocycles. The standard InChI is InChI=1S/C16H16N4O3S2/c1-9(2)25(22,23)16-19-24-15-18-14(21)12(13(17)20(15)16)8-11-6-4-10(3)5-7-11/h4-9,17H,1-3H3/b12-8-,17-13?. The van der Waals surface area contributed by atoms with Crippen molar-refractivity contribution in [1.82, 2.24) is 4.90 Å². The van der Waals surface area contributed by atoms with E-state index in [4.69, 9.17) is 5.41 Å². The minimum atomic E-state index is -3.70. The molecular weight excluding hydrogens is 360 g/mol. The average molecular weight is 376 g/mol. The SMILES string of the molecule is Cc1ccc(/C=C2/C(=N)N3C(=NC2=O)SN=C3S(=O)(=O)C(C)C)cc1. The number of hydrogen-bond acceptors (Lipinski definition) is 6. The number of carbonyl (C=O) groups is 1. The Labute approximate surface area is 150 Å². The molecule has 3 rings (SSSR count). The van der Waals surface area contributed by atoms with Crippen LogP contribution in [-0.2, 0) is 14.6 Å².